The van der Waals surface area contributed by atoms with Crippen LogP contribution in [0, 0.1) is 11.6 Å². The van der Waals surface area contributed by atoms with Crippen molar-refractivity contribution in [1.82, 2.24) is 19.9 Å². The summed E-state index contributed by atoms with van der Waals surface area (Å²) >= 11 is 0. The number of benzene rings is 2. The number of carbonyl (C=O) groups is 2. The number of hydrogen-bond acceptors (Lipinski definition) is 4. The second-order valence-corrected chi connectivity index (χ2v) is 5.75. The monoisotopic (exact) mass is 359 g/mol. The van der Waals surface area contributed by atoms with E-state index in [2.05, 4.69) is 15.6 Å². The Morgan fingerprint density at radius 1 is 1.19 bits per heavy atom. The second-order valence-electron chi connectivity index (χ2n) is 5.75. The Bertz CT molecular complexity index is 1000. The summed E-state index contributed by atoms with van der Waals surface area (Å²) in [5, 5.41) is 10.1. The molecule has 9 heteroatoms. The van der Waals surface area contributed by atoms with Crippen LogP contribution in [0.25, 0.3) is 11.0 Å². The molecule has 0 radical (unpaired) electrons. The van der Waals surface area contributed by atoms with Gasteiger partial charge < -0.3 is 10.2 Å². The number of hydrogen-bond donors (Lipinski definition) is 1. The minimum Gasteiger partial charge on any atom is -0.332 e. The summed E-state index contributed by atoms with van der Waals surface area (Å²) in [5.41, 5.74) is 1.53. The first-order chi connectivity index (χ1) is 12.3. The average Bonchev–Trinajstić information content (AvgIpc) is 2.97. The molecule has 2 amide bonds. The maximum atomic E-state index is 13.6. The lowest BCUT2D eigenvalue weighted by atomic mass is 10.1. The van der Waals surface area contributed by atoms with Crippen LogP contribution in [0.2, 0.25) is 0 Å². The number of halogens is 2. The van der Waals surface area contributed by atoms with E-state index in [9.17, 15) is 18.4 Å². The molecule has 0 aliphatic rings. The molecular weight excluding hydrogens is 344 g/mol. The van der Waals surface area contributed by atoms with E-state index in [1.54, 1.807) is 29.9 Å². The van der Waals surface area contributed by atoms with Gasteiger partial charge in [-0.3, -0.25) is 9.59 Å². The summed E-state index contributed by atoms with van der Waals surface area (Å²) < 4.78 is 28.0. The molecule has 3 rings (SSSR count). The third-order valence-corrected chi connectivity index (χ3v) is 3.79. The molecule has 0 bridgehead atoms. The summed E-state index contributed by atoms with van der Waals surface area (Å²) in [6.07, 6.45) is 0. The highest BCUT2D eigenvalue weighted by atomic mass is 19.1. The standard InChI is InChI=1S/C17H15F2N5O2/c1-23(9-16(25)20-13-5-4-11(18)8-12(13)19)17(26)10-3-6-15-14(7-10)21-22-24(15)2/h3-8H,9H2,1-2H3,(H,20,25). The van der Waals surface area contributed by atoms with E-state index in [1.165, 1.54) is 11.9 Å². The van der Waals surface area contributed by atoms with E-state index in [4.69, 9.17) is 0 Å². The van der Waals surface area contributed by atoms with Crippen molar-refractivity contribution in [2.45, 2.75) is 0 Å². The predicted octanol–water partition coefficient (Wildman–Crippen LogP) is 1.96. The van der Waals surface area contributed by atoms with E-state index >= 15 is 0 Å². The van der Waals surface area contributed by atoms with E-state index in [1.807, 2.05) is 0 Å². The fourth-order valence-corrected chi connectivity index (χ4v) is 2.46. The summed E-state index contributed by atoms with van der Waals surface area (Å²) in [4.78, 5) is 25.7. The van der Waals surface area contributed by atoms with Crippen LogP contribution in [-0.2, 0) is 11.8 Å². The van der Waals surface area contributed by atoms with E-state index in [-0.39, 0.29) is 12.2 Å². The Kier molecular flexibility index (Phi) is 4.61. The topological polar surface area (TPSA) is 80.1 Å². The normalized spacial score (nSPS) is 10.8. The zero-order chi connectivity index (χ0) is 18.8. The van der Waals surface area contributed by atoms with Gasteiger partial charge in [0, 0.05) is 25.7 Å². The molecule has 134 valence electrons. The molecule has 3 aromatic rings. The Morgan fingerprint density at radius 3 is 2.69 bits per heavy atom. The molecule has 1 aromatic heterocycles. The van der Waals surface area contributed by atoms with Gasteiger partial charge in [-0.15, -0.1) is 5.10 Å². The largest absolute Gasteiger partial charge is 0.332 e. The Morgan fingerprint density at radius 2 is 1.96 bits per heavy atom. The smallest absolute Gasteiger partial charge is 0.254 e. The van der Waals surface area contributed by atoms with Crippen molar-refractivity contribution in [3.8, 4) is 0 Å². The van der Waals surface area contributed by atoms with E-state index < -0.39 is 23.4 Å². The molecule has 0 saturated carbocycles. The van der Waals surface area contributed by atoms with E-state index in [0.717, 1.165) is 17.6 Å². The van der Waals surface area contributed by atoms with Gasteiger partial charge in [0.2, 0.25) is 5.91 Å². The van der Waals surface area contributed by atoms with Gasteiger partial charge in [-0.25, -0.2) is 13.5 Å². The fourth-order valence-electron chi connectivity index (χ4n) is 2.46. The lowest BCUT2D eigenvalue weighted by molar-refractivity contribution is -0.116. The molecule has 0 saturated heterocycles. The first-order valence-corrected chi connectivity index (χ1v) is 7.65. The molecule has 0 atom stereocenters. The van der Waals surface area contributed by atoms with Crippen molar-refractivity contribution < 1.29 is 18.4 Å². The zero-order valence-corrected chi connectivity index (χ0v) is 14.0. The number of rotatable bonds is 4. The van der Waals surface area contributed by atoms with Crippen LogP contribution in [0.4, 0.5) is 14.5 Å². The number of anilines is 1. The van der Waals surface area contributed by atoms with Crippen LogP contribution in [-0.4, -0.2) is 45.3 Å². The number of likely N-dealkylation sites (N-methyl/N-ethyl adjacent to an activating group) is 1. The Hall–Kier alpha value is -3.36. The summed E-state index contributed by atoms with van der Waals surface area (Å²) in [5.74, 6) is -2.63. The summed E-state index contributed by atoms with van der Waals surface area (Å²) in [6.45, 7) is -0.297. The van der Waals surface area contributed by atoms with Crippen LogP contribution in [0.3, 0.4) is 0 Å². The van der Waals surface area contributed by atoms with Crippen molar-refractivity contribution in [2.75, 3.05) is 18.9 Å². The maximum absolute atomic E-state index is 13.6. The third-order valence-electron chi connectivity index (χ3n) is 3.79. The lowest BCUT2D eigenvalue weighted by Crippen LogP contribution is -2.35. The molecule has 1 heterocycles. The van der Waals surface area contributed by atoms with Gasteiger partial charge in [0.25, 0.3) is 5.91 Å². The number of aromatic nitrogens is 3. The number of carbonyl (C=O) groups excluding carboxylic acids is 2. The quantitative estimate of drug-likeness (QED) is 0.772. The number of fused-ring (bicyclic) bond motifs is 1. The molecule has 0 unspecified atom stereocenters. The molecule has 7 nitrogen and oxygen atoms in total. The molecule has 26 heavy (non-hydrogen) atoms. The predicted molar refractivity (Wildman–Crippen MR) is 90.5 cm³/mol. The second kappa shape index (κ2) is 6.87. The third kappa shape index (κ3) is 3.51. The Balaban J connectivity index is 1.68. The van der Waals surface area contributed by atoms with Crippen LogP contribution in [0.1, 0.15) is 10.4 Å². The number of amides is 2. The van der Waals surface area contributed by atoms with Crippen LogP contribution in [0.5, 0.6) is 0 Å². The molecule has 0 aliphatic heterocycles. The molecular formula is C17H15F2N5O2. The van der Waals surface area contributed by atoms with Crippen LogP contribution >= 0.6 is 0 Å². The lowest BCUT2D eigenvalue weighted by Gasteiger charge is -2.17. The number of aryl methyl sites for hydroxylation is 1. The van der Waals surface area contributed by atoms with Crippen molar-refractivity contribution in [3.05, 3.63) is 53.6 Å². The minimum absolute atomic E-state index is 0.154. The number of nitrogens with zero attached hydrogens (tertiary/aromatic N) is 4. The van der Waals surface area contributed by atoms with Gasteiger partial charge in [0.1, 0.15) is 17.2 Å². The molecule has 0 fully saturated rings. The summed E-state index contributed by atoms with van der Waals surface area (Å²) in [6, 6.07) is 7.72. The molecule has 1 N–H and O–H groups in total. The van der Waals surface area contributed by atoms with Gasteiger partial charge in [-0.2, -0.15) is 0 Å². The first-order valence-electron chi connectivity index (χ1n) is 7.65. The average molecular weight is 359 g/mol. The van der Waals surface area contributed by atoms with Crippen molar-refractivity contribution in [1.29, 1.82) is 0 Å². The van der Waals surface area contributed by atoms with Gasteiger partial charge in [0.05, 0.1) is 17.7 Å². The molecule has 0 spiro atoms. The Labute approximate surface area is 147 Å². The molecule has 2 aromatic carbocycles. The van der Waals surface area contributed by atoms with Gasteiger partial charge in [-0.05, 0) is 30.3 Å². The van der Waals surface area contributed by atoms with Gasteiger partial charge in [-0.1, -0.05) is 5.21 Å². The molecule has 0 aliphatic carbocycles. The fraction of sp³-hybridized carbons (Fsp3) is 0.176. The first kappa shape index (κ1) is 17.5. The summed E-state index contributed by atoms with van der Waals surface area (Å²) in [7, 11) is 3.19. The minimum atomic E-state index is -0.888. The van der Waals surface area contributed by atoms with Crippen molar-refractivity contribution in [2.24, 2.45) is 7.05 Å². The van der Waals surface area contributed by atoms with Crippen molar-refractivity contribution in [3.63, 3.8) is 0 Å². The van der Waals surface area contributed by atoms with Crippen molar-refractivity contribution >= 4 is 28.5 Å². The van der Waals surface area contributed by atoms with Crippen LogP contribution < -0.4 is 5.32 Å². The van der Waals surface area contributed by atoms with Crippen LogP contribution in [0.15, 0.2) is 36.4 Å². The van der Waals surface area contributed by atoms with E-state index in [0.29, 0.717) is 17.1 Å². The highest BCUT2D eigenvalue weighted by Crippen LogP contribution is 2.16. The number of nitrogens with one attached hydrogen (secondary N) is 1. The SMILES string of the molecule is CN(CC(=O)Nc1ccc(F)cc1F)C(=O)c1ccc2c(c1)nnn2C. The highest BCUT2D eigenvalue weighted by Gasteiger charge is 2.17. The highest BCUT2D eigenvalue weighted by molar-refractivity contribution is 6.00. The zero-order valence-electron chi connectivity index (χ0n) is 14.0. The van der Waals surface area contributed by atoms with Gasteiger partial charge in [0.15, 0.2) is 0 Å². The maximum Gasteiger partial charge on any atom is 0.254 e. The van der Waals surface area contributed by atoms with Gasteiger partial charge >= 0.3 is 0 Å².